The zero-order chi connectivity index (χ0) is 35.7. The van der Waals surface area contributed by atoms with Gasteiger partial charge in [-0.25, -0.2) is 9.59 Å². The molecule has 260 valence electrons. The molecule has 16 nitrogen and oxygen atoms in total. The molecule has 0 aromatic carbocycles. The fourth-order valence-electron chi connectivity index (χ4n) is 3.48. The van der Waals surface area contributed by atoms with E-state index >= 15 is 0 Å². The first kappa shape index (κ1) is 46.0. The van der Waals surface area contributed by atoms with Gasteiger partial charge >= 0.3 is 12.2 Å². The monoisotopic (exact) mass is 756 g/mol. The Hall–Kier alpha value is -3.45. The first-order chi connectivity index (χ1) is 21.1. The highest BCUT2D eigenvalue weighted by molar-refractivity contribution is 14.1. The molecule has 1 aliphatic rings. The number of carbonyl (C=O) groups excluding carboxylic acids is 6. The van der Waals surface area contributed by atoms with E-state index < -0.39 is 48.0 Å². The maximum Gasteiger partial charge on any atom is 0.410 e. The van der Waals surface area contributed by atoms with Gasteiger partial charge in [-0.05, 0) is 25.7 Å². The molecular weight excluding hydrogens is 703 g/mol. The molecule has 45 heavy (non-hydrogen) atoms. The Balaban J connectivity index is -0.000000540. The van der Waals surface area contributed by atoms with E-state index in [-0.39, 0.29) is 24.6 Å². The molecular formula is C28H53IN8O8. The highest BCUT2D eigenvalue weighted by atomic mass is 127. The second-order valence-electron chi connectivity index (χ2n) is 9.35. The highest BCUT2D eigenvalue weighted by Gasteiger charge is 2.37. The van der Waals surface area contributed by atoms with Crippen molar-refractivity contribution in [3.63, 3.8) is 0 Å². The van der Waals surface area contributed by atoms with Crippen molar-refractivity contribution in [1.29, 1.82) is 0 Å². The maximum atomic E-state index is 11.3. The molecule has 0 aliphatic carbocycles. The van der Waals surface area contributed by atoms with Gasteiger partial charge in [0, 0.05) is 17.5 Å². The van der Waals surface area contributed by atoms with Crippen LogP contribution < -0.4 is 34.0 Å². The number of amides is 6. The van der Waals surface area contributed by atoms with Crippen LogP contribution in [0.25, 0.3) is 0 Å². The summed E-state index contributed by atoms with van der Waals surface area (Å²) < 4.78 is 10.3. The fourth-order valence-corrected chi connectivity index (χ4v) is 3.94. The molecule has 1 aliphatic heterocycles. The van der Waals surface area contributed by atoms with Gasteiger partial charge in [-0.3, -0.25) is 29.0 Å². The number of cyclic esters (lactones) is 1. The van der Waals surface area contributed by atoms with Gasteiger partial charge in [-0.1, -0.05) is 62.4 Å². The van der Waals surface area contributed by atoms with Gasteiger partial charge in [-0.15, -0.1) is 13.2 Å². The van der Waals surface area contributed by atoms with Crippen molar-refractivity contribution in [1.82, 2.24) is 15.1 Å². The molecule has 0 aromatic heterocycles. The number of carbonyl (C=O) groups is 6. The Morgan fingerprint density at radius 2 is 1.56 bits per heavy atom. The van der Waals surface area contributed by atoms with Crippen molar-refractivity contribution in [2.45, 2.75) is 83.6 Å². The number of nitrogens with two attached hydrogens (primary N) is 5. The average molecular weight is 757 g/mol. The largest absolute Gasteiger partial charge is 0.453 e. The number of hydrogen-bond acceptors (Lipinski definition) is 10. The molecule has 0 saturated carbocycles. The molecule has 1 unspecified atom stereocenters. The van der Waals surface area contributed by atoms with E-state index in [1.165, 1.54) is 23.0 Å². The lowest BCUT2D eigenvalue weighted by molar-refractivity contribution is -0.123. The number of hydrogen-bond donors (Lipinski definition) is 6. The van der Waals surface area contributed by atoms with E-state index in [0.29, 0.717) is 32.4 Å². The van der Waals surface area contributed by atoms with Crippen LogP contribution in [0.15, 0.2) is 25.3 Å². The quantitative estimate of drug-likeness (QED) is 0.0710. The smallest absolute Gasteiger partial charge is 0.410 e. The molecule has 0 aromatic rings. The van der Waals surface area contributed by atoms with Crippen LogP contribution in [-0.4, -0.2) is 107 Å². The van der Waals surface area contributed by atoms with Crippen LogP contribution in [0, 0.1) is 0 Å². The third-order valence-electron chi connectivity index (χ3n) is 6.06. The number of rotatable bonds is 16. The summed E-state index contributed by atoms with van der Waals surface area (Å²) in [6.45, 7) is 15.7. The lowest BCUT2D eigenvalue weighted by atomic mass is 10.2. The summed E-state index contributed by atoms with van der Waals surface area (Å²) in [5, 5.41) is 2.93. The third-order valence-corrected chi connectivity index (χ3v) is 7.04. The fraction of sp³-hybridized carbons (Fsp3) is 0.643. The van der Waals surface area contributed by atoms with Crippen molar-refractivity contribution in [2.24, 2.45) is 28.7 Å². The van der Waals surface area contributed by atoms with Gasteiger partial charge in [0.25, 0.3) is 0 Å². The average Bonchev–Trinajstić information content (AvgIpc) is 3.37. The van der Waals surface area contributed by atoms with Crippen LogP contribution in [0.2, 0.25) is 0 Å². The first-order valence-corrected chi connectivity index (χ1v) is 15.9. The number of alkyl halides is 1. The molecule has 0 radical (unpaired) electrons. The van der Waals surface area contributed by atoms with Crippen LogP contribution in [-0.2, 0) is 28.7 Å². The second-order valence-corrected chi connectivity index (χ2v) is 10.2. The van der Waals surface area contributed by atoms with Crippen LogP contribution in [0.3, 0.4) is 0 Å². The predicted octanol–water partition coefficient (Wildman–Crippen LogP) is 0.246. The van der Waals surface area contributed by atoms with Gasteiger partial charge < -0.3 is 43.5 Å². The number of primary amides is 4. The molecule has 1 fully saturated rings. The summed E-state index contributed by atoms with van der Waals surface area (Å²) in [4.78, 5) is 67.9. The van der Waals surface area contributed by atoms with E-state index in [4.69, 9.17) is 33.4 Å². The van der Waals surface area contributed by atoms with Gasteiger partial charge in [0.05, 0.1) is 25.7 Å². The highest BCUT2D eigenvalue weighted by Crippen LogP contribution is 2.17. The normalized spacial score (nSPS) is 15.8. The Kier molecular flexibility index (Phi) is 27.5. The van der Waals surface area contributed by atoms with E-state index in [1.54, 1.807) is 13.0 Å². The van der Waals surface area contributed by atoms with Crippen molar-refractivity contribution in [2.75, 3.05) is 31.2 Å². The van der Waals surface area contributed by atoms with Gasteiger partial charge in [0.2, 0.25) is 23.6 Å². The Labute approximate surface area is 279 Å². The summed E-state index contributed by atoms with van der Waals surface area (Å²) in [5.41, 5.74) is 25.3. The molecule has 17 heteroatoms. The second kappa shape index (κ2) is 26.9. The van der Waals surface area contributed by atoms with E-state index in [9.17, 15) is 28.8 Å². The van der Waals surface area contributed by atoms with Gasteiger partial charge in [-0.2, -0.15) is 0 Å². The maximum absolute atomic E-state index is 11.3. The number of halogens is 1. The Bertz CT molecular complexity index is 956. The van der Waals surface area contributed by atoms with E-state index in [0.717, 1.165) is 10.8 Å². The molecule has 11 N–H and O–H groups in total. The minimum atomic E-state index is -0.638. The SMILES string of the molecule is C=CCN(C(=O)OC)[C@@H](CC)C(N)=O.C=CCN[C@@H](CC)C(N)=O.CC[C@@H](C(N)=O)N1CC(CI)OC1=O.CC[C@H](N)C(N)=O. The van der Waals surface area contributed by atoms with Crippen LogP contribution >= 0.6 is 22.6 Å². The predicted molar refractivity (Wildman–Crippen MR) is 181 cm³/mol. The number of nitrogens with zero attached hydrogens (tertiary/aromatic N) is 2. The molecule has 0 spiro atoms. The third kappa shape index (κ3) is 19.5. The topological polar surface area (TPSA) is 269 Å². The molecule has 1 saturated heterocycles. The van der Waals surface area contributed by atoms with Gasteiger partial charge in [0.1, 0.15) is 18.2 Å². The molecule has 1 heterocycles. The lowest BCUT2D eigenvalue weighted by Gasteiger charge is -2.26. The number of ether oxygens (including phenoxy) is 2. The van der Waals surface area contributed by atoms with Crippen molar-refractivity contribution in [3.05, 3.63) is 25.3 Å². The summed E-state index contributed by atoms with van der Waals surface area (Å²) in [6, 6.07) is -1.84. The standard InChI is InChI=1S/C9H16N2O3.C8H13IN2O3.C7H14N2O.C4H10N2O/c1-4-6-11(9(13)14-3)7(5-2)8(10)12;1-2-6(7(10)12)11-4-5(3-9)14-8(11)13;1-3-5-9-6(4-2)7(8)10;1-2-3(5)4(6)7/h4,7H,1,5-6H2,2-3H3,(H2,10,12);5-6H,2-4H2,1H3,(H2,10,12);3,6,9H,1,4-5H2,2H3,(H2,8,10);3H,2,5H2,1H3,(H2,6,7)/t7-;5?,6-;6-;3-/m0000/s1. The van der Waals surface area contributed by atoms with Gasteiger partial charge in [0.15, 0.2) is 0 Å². The lowest BCUT2D eigenvalue weighted by Crippen LogP contribution is -2.47. The minimum absolute atomic E-state index is 0.114. The summed E-state index contributed by atoms with van der Waals surface area (Å²) in [7, 11) is 1.26. The zero-order valence-corrected chi connectivity index (χ0v) is 29.2. The van der Waals surface area contributed by atoms with Crippen molar-refractivity contribution < 1.29 is 38.2 Å². The van der Waals surface area contributed by atoms with E-state index in [1.807, 2.05) is 20.8 Å². The van der Waals surface area contributed by atoms with E-state index in [2.05, 4.69) is 45.8 Å². The Morgan fingerprint density at radius 3 is 1.82 bits per heavy atom. The van der Waals surface area contributed by atoms with Crippen LogP contribution in [0.4, 0.5) is 9.59 Å². The molecule has 5 atom stereocenters. The van der Waals surface area contributed by atoms with Crippen molar-refractivity contribution >= 4 is 58.4 Å². The van der Waals surface area contributed by atoms with Crippen LogP contribution in [0.5, 0.6) is 0 Å². The zero-order valence-electron chi connectivity index (χ0n) is 27.0. The summed E-state index contributed by atoms with van der Waals surface area (Å²) in [6.07, 6.45) is 4.42. The minimum Gasteiger partial charge on any atom is -0.453 e. The molecule has 6 amide bonds. The summed E-state index contributed by atoms with van der Waals surface area (Å²) >= 11 is 2.14. The first-order valence-electron chi connectivity index (χ1n) is 14.3. The number of methoxy groups -OCH3 is 1. The summed E-state index contributed by atoms with van der Waals surface area (Å²) in [5.74, 6) is -1.75. The van der Waals surface area contributed by atoms with Crippen LogP contribution in [0.1, 0.15) is 53.4 Å². The Morgan fingerprint density at radius 1 is 0.978 bits per heavy atom. The van der Waals surface area contributed by atoms with Crippen molar-refractivity contribution in [3.8, 4) is 0 Å². The molecule has 1 rings (SSSR count). The number of nitrogens with one attached hydrogen (secondary N) is 1. The molecule has 0 bridgehead atoms.